The van der Waals surface area contributed by atoms with E-state index in [4.69, 9.17) is 43.4 Å². The average molecular weight is 1330 g/mol. The Morgan fingerprint density at radius 3 is 0.622 bits per heavy atom. The quantitative estimate of drug-likeness (QED) is 0.0523. The molecule has 0 N–H and O–H groups in total. The SMILES string of the molecule is N#CC(C#N)=c1c(F)c(F)c(=C(C#N)C#N)c(F)c1F.N#Cc1nc2c3nc(C#N)c(C#N)nc3c3nc(C#N)c(C#N)nc3c2nc1C#N.[C-]#[N+]C(=C1C(=C(C#N)c2c(F)c(F)c(C#N)c(F)c2F)C1=C(C#N)c1c(F)c(F)c(C#N)c(F)c1F)c1c(F)c(F)c(C#N)c(F)c1F. The van der Waals surface area contributed by atoms with Gasteiger partial charge in [-0.25, -0.2) is 105 Å². The van der Waals surface area contributed by atoms with Crippen molar-refractivity contribution in [2.75, 3.05) is 0 Å². The number of halogens is 16. The van der Waals surface area contributed by atoms with Gasteiger partial charge in [0.2, 0.25) is 5.70 Å². The molecule has 0 bridgehead atoms. The maximum atomic E-state index is 15.0. The van der Waals surface area contributed by atoms with E-state index in [9.17, 15) is 86.0 Å². The zero-order chi connectivity index (χ0) is 73.0. The number of aromatic nitrogens is 6. The Hall–Kier alpha value is -16.2. The number of benzene rings is 5. The number of nitrogens with zero attached hydrogens (tertiary/aromatic N) is 22. The third-order valence-electron chi connectivity index (χ3n) is 12.8. The predicted octanol–water partition coefficient (Wildman–Crippen LogP) is 8.95. The van der Waals surface area contributed by atoms with Gasteiger partial charge in [0.25, 0.3) is 0 Å². The third-order valence-corrected chi connectivity index (χ3v) is 12.8. The highest BCUT2D eigenvalue weighted by Crippen LogP contribution is 2.58. The summed E-state index contributed by atoms with van der Waals surface area (Å²) in [7, 11) is 0. The van der Waals surface area contributed by atoms with Crippen LogP contribution in [0, 0.1) is 270 Å². The summed E-state index contributed by atoms with van der Waals surface area (Å²) in [5.41, 5.74) is -25.7. The van der Waals surface area contributed by atoms with Gasteiger partial charge in [0.15, 0.2) is 127 Å². The van der Waals surface area contributed by atoms with E-state index in [-0.39, 0.29) is 67.3 Å². The van der Waals surface area contributed by atoms with Crippen LogP contribution in [0.4, 0.5) is 70.2 Å². The van der Waals surface area contributed by atoms with E-state index in [0.717, 1.165) is 54.6 Å². The molecule has 0 amide bonds. The van der Waals surface area contributed by atoms with Crippen LogP contribution in [-0.2, 0) is 0 Å². The van der Waals surface area contributed by atoms with Crippen molar-refractivity contribution in [1.82, 2.24) is 29.9 Å². The molecule has 9 rings (SSSR count). The molecule has 0 spiro atoms. The first-order valence-electron chi connectivity index (χ1n) is 24.3. The van der Waals surface area contributed by atoms with Gasteiger partial charge in [0.1, 0.15) is 152 Å². The molecule has 8 aromatic rings. The average Bonchev–Trinajstić information content (AvgIpc) is 1.49. The second-order valence-electron chi connectivity index (χ2n) is 17.6. The van der Waals surface area contributed by atoms with Crippen LogP contribution in [0.5, 0.6) is 0 Å². The van der Waals surface area contributed by atoms with Gasteiger partial charge in [-0.3, -0.25) is 0 Å². The summed E-state index contributed by atoms with van der Waals surface area (Å²) in [5, 5.41) is 133. The van der Waals surface area contributed by atoms with E-state index in [1.165, 1.54) is 0 Å². The maximum absolute atomic E-state index is 15.0. The first kappa shape index (κ1) is 69.3. The lowest BCUT2D eigenvalue weighted by Gasteiger charge is -2.09. The molecular formula is C60F16N22. The molecule has 0 aliphatic heterocycles. The molecule has 3 aromatic heterocycles. The van der Waals surface area contributed by atoms with Gasteiger partial charge in [0.05, 0.1) is 44.8 Å². The number of fused-ring (bicyclic) bond motifs is 6. The standard InChI is InChI=1S/C30F12N6.C18N12.C12F4N4/c1-48-30(17-28(41)22(35)11(6-47)23(36)29(17)42)16-12(7(2-43)14-24(37)18(31)9(4-45)19(32)25(14)38)13(16)8(3-44)15-26(39)20(33)10(5-46)21(34)27(15)40;19-1-7-8(2-20)26-14-13(25-7)15-17(29-10(4-22)9(3-21)27-15)18-16(14)28-11(5-23)12(6-24)30-18;13-9-7(5(1-17)2-18)10(14)12(16)8(11(9)15)6(3-19)4-20. The Morgan fingerprint density at radius 2 is 0.459 bits per heavy atom. The van der Waals surface area contributed by atoms with Gasteiger partial charge in [-0.2, -0.15) is 78.9 Å². The van der Waals surface area contributed by atoms with Gasteiger partial charge < -0.3 is 0 Å². The van der Waals surface area contributed by atoms with Crippen molar-refractivity contribution in [3.63, 3.8) is 0 Å². The molecule has 5 aromatic carbocycles. The number of allylic oxidation sites excluding steroid dienone is 5. The Labute approximate surface area is 528 Å². The second kappa shape index (κ2) is 27.1. The minimum atomic E-state index is -2.52. The van der Waals surface area contributed by atoms with Crippen LogP contribution in [0.25, 0.3) is 65.9 Å². The Kier molecular flexibility index (Phi) is 19.2. The lowest BCUT2D eigenvalue weighted by molar-refractivity contribution is 0.434. The van der Waals surface area contributed by atoms with Gasteiger partial charge in [-0.05, 0) is 16.7 Å². The van der Waals surface area contributed by atoms with Crippen molar-refractivity contribution >= 4 is 61.1 Å². The highest BCUT2D eigenvalue weighted by atomic mass is 19.2. The van der Waals surface area contributed by atoms with Crippen molar-refractivity contribution in [3.05, 3.63) is 199 Å². The van der Waals surface area contributed by atoms with Gasteiger partial charge in [-0.1, -0.05) is 0 Å². The normalized spacial score (nSPS) is 11.5. The summed E-state index contributed by atoms with van der Waals surface area (Å²) in [6.45, 7) is 7.40. The number of nitriles is 15. The molecule has 1 saturated carbocycles. The molecule has 0 unspecified atom stereocenters. The minimum Gasteiger partial charge on any atom is -0.237 e. The molecule has 1 aliphatic carbocycles. The fourth-order valence-electron chi connectivity index (χ4n) is 8.58. The van der Waals surface area contributed by atoms with Crippen molar-refractivity contribution in [3.8, 4) is 91.0 Å². The molecule has 0 atom stereocenters. The zero-order valence-corrected chi connectivity index (χ0v) is 45.9. The number of rotatable bonds is 3. The predicted molar refractivity (Wildman–Crippen MR) is 280 cm³/mol. The highest BCUT2D eigenvalue weighted by Gasteiger charge is 2.46. The summed E-state index contributed by atoms with van der Waals surface area (Å²) in [6, 6.07) is 19.1. The van der Waals surface area contributed by atoms with Gasteiger partial charge in [-0.15, -0.1) is 0 Å². The molecule has 3 heterocycles. The fourth-order valence-corrected chi connectivity index (χ4v) is 8.58. The smallest absolute Gasteiger partial charge is 0.208 e. The summed E-state index contributed by atoms with van der Waals surface area (Å²) >= 11 is 0. The topological polar surface area (TPSA) is 439 Å². The van der Waals surface area contributed by atoms with E-state index >= 15 is 26.3 Å². The number of hydrogen-bond acceptors (Lipinski definition) is 21. The molecule has 0 radical (unpaired) electrons. The Balaban J connectivity index is 0.000000229. The molecular weight excluding hydrogens is 1330 g/mol. The first-order chi connectivity index (χ1) is 46.6. The number of hydrogen-bond donors (Lipinski definition) is 0. The van der Waals surface area contributed by atoms with Crippen LogP contribution in [0.2, 0.25) is 0 Å². The summed E-state index contributed by atoms with van der Waals surface area (Å²) in [5.74, 6) is -37.9. The lowest BCUT2D eigenvalue weighted by Crippen LogP contribution is -2.31. The monoisotopic (exact) mass is 1330 g/mol. The van der Waals surface area contributed by atoms with Crippen molar-refractivity contribution in [1.29, 1.82) is 78.9 Å². The van der Waals surface area contributed by atoms with Gasteiger partial charge >= 0.3 is 0 Å². The van der Waals surface area contributed by atoms with Crippen LogP contribution >= 0.6 is 0 Å². The minimum absolute atomic E-state index is 0.0237. The molecule has 1 fully saturated rings. The van der Waals surface area contributed by atoms with E-state index in [1.807, 2.05) is 0 Å². The van der Waals surface area contributed by atoms with Gasteiger partial charge in [0, 0.05) is 0 Å². The molecule has 0 saturated heterocycles. The highest BCUT2D eigenvalue weighted by molar-refractivity contribution is 6.18. The van der Waals surface area contributed by atoms with E-state index < -0.39 is 182 Å². The van der Waals surface area contributed by atoms with Crippen molar-refractivity contribution in [2.24, 2.45) is 0 Å². The van der Waals surface area contributed by atoms with Crippen LogP contribution in [0.15, 0.2) is 16.7 Å². The molecule has 1 aliphatic rings. The van der Waals surface area contributed by atoms with E-state index in [0.29, 0.717) is 0 Å². The molecule has 462 valence electrons. The summed E-state index contributed by atoms with van der Waals surface area (Å²) in [6.07, 6.45) is 0. The maximum Gasteiger partial charge on any atom is 0.208 e. The second-order valence-corrected chi connectivity index (χ2v) is 17.6. The zero-order valence-electron chi connectivity index (χ0n) is 45.9. The van der Waals surface area contributed by atoms with Crippen molar-refractivity contribution < 1.29 is 70.2 Å². The molecule has 98 heavy (non-hydrogen) atoms. The van der Waals surface area contributed by atoms with E-state index in [1.54, 1.807) is 36.4 Å². The molecule has 38 heteroatoms. The van der Waals surface area contributed by atoms with Crippen LogP contribution < -0.4 is 10.4 Å². The molecule has 22 nitrogen and oxygen atoms in total. The Morgan fingerprint density at radius 1 is 0.255 bits per heavy atom. The fraction of sp³-hybridized carbons (Fsp3) is 0. The summed E-state index contributed by atoms with van der Waals surface area (Å²) in [4.78, 5) is 27.3. The van der Waals surface area contributed by atoms with Crippen LogP contribution in [-0.4, -0.2) is 29.9 Å². The first-order valence-corrected chi connectivity index (χ1v) is 24.3. The largest absolute Gasteiger partial charge is 0.237 e. The van der Waals surface area contributed by atoms with E-state index in [2.05, 4.69) is 34.7 Å². The summed E-state index contributed by atoms with van der Waals surface area (Å²) < 4.78 is 232. The van der Waals surface area contributed by atoms with Crippen molar-refractivity contribution in [2.45, 2.75) is 0 Å². The lowest BCUT2D eigenvalue weighted by atomic mass is 9.99. The third kappa shape index (κ3) is 10.8. The van der Waals surface area contributed by atoms with Crippen LogP contribution in [0.1, 0.15) is 67.5 Å². The Bertz CT molecular complexity index is 5310. The van der Waals surface area contributed by atoms with Crippen LogP contribution in [0.3, 0.4) is 0 Å².